The van der Waals surface area contributed by atoms with E-state index in [4.69, 9.17) is 21.1 Å². The summed E-state index contributed by atoms with van der Waals surface area (Å²) in [5.74, 6) is -0.164. The summed E-state index contributed by atoms with van der Waals surface area (Å²) >= 11 is 6.45. The number of nitrogens with one attached hydrogen (secondary N) is 1. The van der Waals surface area contributed by atoms with Crippen LogP contribution < -0.4 is 19.1 Å². The Morgan fingerprint density at radius 3 is 2.26 bits per heavy atom. The van der Waals surface area contributed by atoms with Crippen LogP contribution in [0.25, 0.3) is 0 Å². The number of amides is 2. The lowest BCUT2D eigenvalue weighted by Crippen LogP contribution is -2.52. The second kappa shape index (κ2) is 14.1. The highest BCUT2D eigenvalue weighted by Gasteiger charge is 2.34. The van der Waals surface area contributed by atoms with Crippen LogP contribution >= 0.6 is 11.6 Å². The molecule has 1 unspecified atom stereocenters. The highest BCUT2D eigenvalue weighted by molar-refractivity contribution is 7.92. The Balaban J connectivity index is 1.74. The van der Waals surface area contributed by atoms with Gasteiger partial charge in [0.1, 0.15) is 12.6 Å². The van der Waals surface area contributed by atoms with Gasteiger partial charge in [0.2, 0.25) is 11.8 Å². The number of anilines is 1. The number of benzene rings is 3. The molecule has 4 rings (SSSR count). The highest BCUT2D eigenvalue weighted by atomic mass is 35.5. The van der Waals surface area contributed by atoms with Crippen molar-refractivity contribution in [1.29, 1.82) is 0 Å². The summed E-state index contributed by atoms with van der Waals surface area (Å²) in [6, 6.07) is 17.3. The molecule has 43 heavy (non-hydrogen) atoms. The van der Waals surface area contributed by atoms with E-state index in [1.54, 1.807) is 55.5 Å². The summed E-state index contributed by atoms with van der Waals surface area (Å²) in [6.07, 6.45) is 3.86. The van der Waals surface area contributed by atoms with Gasteiger partial charge >= 0.3 is 0 Å². The molecule has 1 aliphatic rings. The van der Waals surface area contributed by atoms with Crippen molar-refractivity contribution in [1.82, 2.24) is 10.2 Å². The summed E-state index contributed by atoms with van der Waals surface area (Å²) in [5, 5.41) is 3.50. The lowest BCUT2D eigenvalue weighted by atomic mass is 10.1. The second-order valence-corrected chi connectivity index (χ2v) is 12.9. The second-order valence-electron chi connectivity index (χ2n) is 10.6. The first-order valence-electron chi connectivity index (χ1n) is 14.2. The SMILES string of the molecule is COc1ccc(N(CC(=O)N(Cc2ccccc2Cl)C(C)C(=O)NC2CCCC2)S(=O)(=O)c2ccc(C)cc2)cc1OC. The largest absolute Gasteiger partial charge is 0.493 e. The quantitative estimate of drug-likeness (QED) is 0.291. The van der Waals surface area contributed by atoms with Crippen LogP contribution in [-0.4, -0.2) is 58.0 Å². The van der Waals surface area contributed by atoms with Gasteiger partial charge in [-0.2, -0.15) is 0 Å². The summed E-state index contributed by atoms with van der Waals surface area (Å²) < 4.78 is 40.0. The molecule has 1 fully saturated rings. The van der Waals surface area contributed by atoms with Crippen molar-refractivity contribution in [2.75, 3.05) is 25.1 Å². The zero-order chi connectivity index (χ0) is 31.1. The van der Waals surface area contributed by atoms with Crippen LogP contribution in [0.3, 0.4) is 0 Å². The standard InChI is InChI=1S/C32H38ClN3O6S/c1-22-13-16-27(17-14-22)43(39,40)36(26-15-18-29(41-3)30(19-26)42-4)21-31(37)35(20-24-9-5-8-12-28(24)33)23(2)32(38)34-25-10-6-7-11-25/h5,8-9,12-19,23,25H,6-7,10-11,20-21H2,1-4H3,(H,34,38). The molecular formula is C32H38ClN3O6S. The first-order chi connectivity index (χ1) is 20.5. The fraction of sp³-hybridized carbons (Fsp3) is 0.375. The molecule has 0 radical (unpaired) electrons. The molecule has 3 aromatic rings. The third kappa shape index (κ3) is 7.61. The lowest BCUT2D eigenvalue weighted by molar-refractivity contribution is -0.139. The van der Waals surface area contributed by atoms with E-state index >= 15 is 0 Å². The number of carbonyl (C=O) groups is 2. The fourth-order valence-electron chi connectivity index (χ4n) is 5.13. The Hall–Kier alpha value is -3.76. The first kappa shape index (κ1) is 32.2. The molecule has 1 atom stereocenters. The molecule has 0 bridgehead atoms. The number of aryl methyl sites for hydroxylation is 1. The number of ether oxygens (including phenoxy) is 2. The van der Waals surface area contributed by atoms with Crippen molar-refractivity contribution in [2.45, 2.75) is 63.1 Å². The Kier molecular flexibility index (Phi) is 10.6. The van der Waals surface area contributed by atoms with E-state index in [0.717, 1.165) is 35.6 Å². The minimum atomic E-state index is -4.23. The summed E-state index contributed by atoms with van der Waals surface area (Å²) in [5.41, 5.74) is 1.73. The van der Waals surface area contributed by atoms with E-state index < -0.39 is 28.5 Å². The van der Waals surface area contributed by atoms with Crippen LogP contribution in [0.4, 0.5) is 5.69 Å². The number of halogens is 1. The van der Waals surface area contributed by atoms with Crippen molar-refractivity contribution >= 4 is 39.1 Å². The first-order valence-corrected chi connectivity index (χ1v) is 16.0. The van der Waals surface area contributed by atoms with Gasteiger partial charge in [0.05, 0.1) is 24.8 Å². The molecule has 9 nitrogen and oxygen atoms in total. The van der Waals surface area contributed by atoms with E-state index in [1.165, 1.54) is 37.3 Å². The lowest BCUT2D eigenvalue weighted by Gasteiger charge is -2.32. The van der Waals surface area contributed by atoms with Gasteiger partial charge in [0, 0.05) is 23.7 Å². The maximum Gasteiger partial charge on any atom is 0.264 e. The Morgan fingerprint density at radius 1 is 0.977 bits per heavy atom. The van der Waals surface area contributed by atoms with Crippen molar-refractivity contribution in [3.05, 3.63) is 82.9 Å². The van der Waals surface area contributed by atoms with Gasteiger partial charge in [-0.25, -0.2) is 8.42 Å². The van der Waals surface area contributed by atoms with Gasteiger partial charge < -0.3 is 19.7 Å². The molecule has 0 aliphatic heterocycles. The summed E-state index contributed by atoms with van der Waals surface area (Å²) in [7, 11) is -1.30. The average Bonchev–Trinajstić information content (AvgIpc) is 3.51. The maximum absolute atomic E-state index is 14.2. The van der Waals surface area contributed by atoms with Gasteiger partial charge in [-0.1, -0.05) is 60.3 Å². The van der Waals surface area contributed by atoms with Crippen molar-refractivity contribution in [2.24, 2.45) is 0 Å². The van der Waals surface area contributed by atoms with E-state index in [0.29, 0.717) is 22.1 Å². The van der Waals surface area contributed by atoms with Crippen molar-refractivity contribution < 1.29 is 27.5 Å². The third-order valence-electron chi connectivity index (χ3n) is 7.71. The normalized spacial score (nSPS) is 14.2. The Morgan fingerprint density at radius 2 is 1.63 bits per heavy atom. The molecule has 1 aliphatic carbocycles. The van der Waals surface area contributed by atoms with Crippen molar-refractivity contribution in [3.8, 4) is 11.5 Å². The fourth-order valence-corrected chi connectivity index (χ4v) is 6.73. The zero-order valence-electron chi connectivity index (χ0n) is 24.9. The van der Waals surface area contributed by atoms with Crippen LogP contribution in [0.15, 0.2) is 71.6 Å². The number of rotatable bonds is 12. The molecule has 0 heterocycles. The van der Waals surface area contributed by atoms with Crippen molar-refractivity contribution in [3.63, 3.8) is 0 Å². The predicted octanol–water partition coefficient (Wildman–Crippen LogP) is 5.34. The maximum atomic E-state index is 14.2. The van der Waals surface area contributed by atoms with E-state index in [9.17, 15) is 18.0 Å². The van der Waals surface area contributed by atoms with Gasteiger partial charge in [0.15, 0.2) is 11.5 Å². The number of hydrogen-bond donors (Lipinski definition) is 1. The molecule has 0 spiro atoms. The summed E-state index contributed by atoms with van der Waals surface area (Å²) in [4.78, 5) is 29.0. The summed E-state index contributed by atoms with van der Waals surface area (Å²) in [6.45, 7) is 2.95. The Bertz CT molecular complexity index is 1540. The number of nitrogens with zero attached hydrogens (tertiary/aromatic N) is 2. The number of methoxy groups -OCH3 is 2. The molecule has 1 saturated carbocycles. The Labute approximate surface area is 258 Å². The zero-order valence-corrected chi connectivity index (χ0v) is 26.5. The van der Waals surface area contributed by atoms with Crippen LogP contribution in [0.1, 0.15) is 43.7 Å². The molecule has 230 valence electrons. The predicted molar refractivity (Wildman–Crippen MR) is 167 cm³/mol. The smallest absolute Gasteiger partial charge is 0.264 e. The highest BCUT2D eigenvalue weighted by Crippen LogP contribution is 2.34. The number of sulfonamides is 1. The third-order valence-corrected chi connectivity index (χ3v) is 9.87. The number of carbonyl (C=O) groups excluding carboxylic acids is 2. The number of hydrogen-bond acceptors (Lipinski definition) is 6. The minimum Gasteiger partial charge on any atom is -0.493 e. The van der Waals surface area contributed by atoms with E-state index in [1.807, 2.05) is 6.92 Å². The topological polar surface area (TPSA) is 105 Å². The molecule has 2 amide bonds. The van der Waals surface area contributed by atoms with Crippen LogP contribution in [0.5, 0.6) is 11.5 Å². The molecule has 11 heteroatoms. The van der Waals surface area contributed by atoms with Crippen LogP contribution in [0.2, 0.25) is 5.02 Å². The van der Waals surface area contributed by atoms with Crippen LogP contribution in [0, 0.1) is 6.92 Å². The molecule has 3 aromatic carbocycles. The molecule has 0 saturated heterocycles. The monoisotopic (exact) mass is 627 g/mol. The van der Waals surface area contributed by atoms with Gasteiger partial charge in [-0.3, -0.25) is 13.9 Å². The minimum absolute atomic E-state index is 0.0160. The van der Waals surface area contributed by atoms with E-state index in [-0.39, 0.29) is 29.1 Å². The van der Waals surface area contributed by atoms with Gasteiger partial charge in [-0.15, -0.1) is 0 Å². The molecular weight excluding hydrogens is 590 g/mol. The average molecular weight is 628 g/mol. The van der Waals surface area contributed by atoms with Gasteiger partial charge in [0.25, 0.3) is 10.0 Å². The van der Waals surface area contributed by atoms with Gasteiger partial charge in [-0.05, 0) is 62.6 Å². The molecule has 0 aromatic heterocycles. The molecule has 1 N–H and O–H groups in total. The van der Waals surface area contributed by atoms with E-state index in [2.05, 4.69) is 5.32 Å². The van der Waals surface area contributed by atoms with Crippen LogP contribution in [-0.2, 0) is 26.2 Å².